The molecule has 0 radical (unpaired) electrons. The molecule has 0 aliphatic heterocycles. The van der Waals surface area contributed by atoms with Gasteiger partial charge in [-0.05, 0) is 41.6 Å². The lowest BCUT2D eigenvalue weighted by Gasteiger charge is -2.09. The van der Waals surface area contributed by atoms with E-state index in [1.54, 1.807) is 18.2 Å². The molecule has 0 unspecified atom stereocenters. The summed E-state index contributed by atoms with van der Waals surface area (Å²) in [5, 5.41) is 7.11. The molecule has 0 aliphatic rings. The monoisotopic (exact) mass is 437 g/mol. The van der Waals surface area contributed by atoms with Crippen molar-refractivity contribution in [2.45, 2.75) is 13.3 Å². The van der Waals surface area contributed by atoms with Crippen LogP contribution in [0.2, 0.25) is 0 Å². The highest BCUT2D eigenvalue weighted by Gasteiger charge is 2.14. The molecule has 0 atom stereocenters. The van der Waals surface area contributed by atoms with Gasteiger partial charge in [-0.15, -0.1) is 11.3 Å². The molecule has 6 nitrogen and oxygen atoms in total. The molecule has 4 rings (SSSR count). The number of benzene rings is 2. The minimum absolute atomic E-state index is 0.318. The fourth-order valence-corrected chi connectivity index (χ4v) is 4.36. The lowest BCUT2D eigenvalue weighted by molar-refractivity contribution is 0.386. The van der Waals surface area contributed by atoms with E-state index in [4.69, 9.17) is 4.52 Å². The molecule has 2 aromatic carbocycles. The van der Waals surface area contributed by atoms with Gasteiger partial charge in [0.2, 0.25) is 11.7 Å². The van der Waals surface area contributed by atoms with E-state index < -0.39 is 10.0 Å². The van der Waals surface area contributed by atoms with E-state index >= 15 is 0 Å². The number of anilines is 1. The molecule has 0 aliphatic carbocycles. The van der Waals surface area contributed by atoms with E-state index in [-0.39, 0.29) is 0 Å². The Morgan fingerprint density at radius 2 is 1.87 bits per heavy atom. The molecule has 0 amide bonds. The quantitative estimate of drug-likeness (QED) is 0.434. The largest absolute Gasteiger partial charge is 0.339 e. The Morgan fingerprint density at radius 1 is 1.07 bits per heavy atom. The fourth-order valence-electron chi connectivity index (χ4n) is 2.80. The Balaban J connectivity index is 1.51. The molecule has 0 bridgehead atoms. The van der Waals surface area contributed by atoms with Crippen LogP contribution in [0.5, 0.6) is 0 Å². The maximum atomic E-state index is 12.6. The SMILES string of the molecule is Cc1ccc(/C=C/S(=O)(=O)Nc2ccccc2Cc2nc(-c3cccs3)no2)cc1. The zero-order valence-electron chi connectivity index (χ0n) is 16.1. The zero-order valence-corrected chi connectivity index (χ0v) is 17.8. The van der Waals surface area contributed by atoms with Crippen molar-refractivity contribution in [1.82, 2.24) is 10.1 Å². The summed E-state index contributed by atoms with van der Waals surface area (Å²) in [7, 11) is -3.68. The van der Waals surface area contributed by atoms with Crippen LogP contribution in [-0.4, -0.2) is 18.6 Å². The van der Waals surface area contributed by atoms with E-state index in [1.165, 1.54) is 11.3 Å². The van der Waals surface area contributed by atoms with E-state index in [2.05, 4.69) is 14.9 Å². The van der Waals surface area contributed by atoms with Gasteiger partial charge in [0, 0.05) is 0 Å². The smallest absolute Gasteiger partial charge is 0.255 e. The number of aryl methyl sites for hydroxylation is 1. The molecule has 0 saturated carbocycles. The molecule has 152 valence electrons. The van der Waals surface area contributed by atoms with Crippen LogP contribution in [0.1, 0.15) is 22.6 Å². The standard InChI is InChI=1S/C22H19N3O3S2/c1-16-8-10-17(11-9-16)12-14-30(26,27)25-19-6-3-2-5-18(19)15-21-23-22(24-28-21)20-7-4-13-29-20/h2-14,25H,15H2,1H3/b14-12+. The van der Waals surface area contributed by atoms with Crippen molar-refractivity contribution < 1.29 is 12.9 Å². The third-order valence-electron chi connectivity index (χ3n) is 4.34. The van der Waals surface area contributed by atoms with Crippen molar-refractivity contribution in [3.05, 3.63) is 94.0 Å². The van der Waals surface area contributed by atoms with Gasteiger partial charge in [-0.2, -0.15) is 4.98 Å². The Bertz CT molecular complexity index is 1260. The second-order valence-corrected chi connectivity index (χ2v) is 9.20. The number of hydrogen-bond donors (Lipinski definition) is 1. The number of thiophene rings is 1. The van der Waals surface area contributed by atoms with Gasteiger partial charge in [0.05, 0.1) is 22.4 Å². The number of nitrogens with one attached hydrogen (secondary N) is 1. The van der Waals surface area contributed by atoms with Crippen LogP contribution in [0.4, 0.5) is 5.69 Å². The molecule has 2 heterocycles. The minimum atomic E-state index is -3.68. The zero-order chi connectivity index (χ0) is 21.0. The van der Waals surface area contributed by atoms with Crippen LogP contribution in [0.15, 0.2) is 76.0 Å². The first-order valence-electron chi connectivity index (χ1n) is 9.20. The first-order chi connectivity index (χ1) is 14.5. The predicted octanol–water partition coefficient (Wildman–Crippen LogP) is 5.11. The first-order valence-corrected chi connectivity index (χ1v) is 11.6. The number of para-hydroxylation sites is 1. The Kier molecular flexibility index (Phi) is 5.78. The van der Waals surface area contributed by atoms with Crippen molar-refractivity contribution in [3.63, 3.8) is 0 Å². The number of sulfonamides is 1. The molecular weight excluding hydrogens is 418 g/mol. The molecule has 2 aromatic heterocycles. The maximum absolute atomic E-state index is 12.6. The summed E-state index contributed by atoms with van der Waals surface area (Å²) >= 11 is 1.53. The topological polar surface area (TPSA) is 85.1 Å². The molecule has 4 aromatic rings. The molecule has 0 spiro atoms. The second-order valence-electron chi connectivity index (χ2n) is 6.68. The van der Waals surface area contributed by atoms with Crippen LogP contribution in [0, 0.1) is 6.92 Å². The fraction of sp³-hybridized carbons (Fsp3) is 0.0909. The van der Waals surface area contributed by atoms with Gasteiger partial charge in [0.15, 0.2) is 0 Å². The van der Waals surface area contributed by atoms with E-state index in [0.717, 1.165) is 27.0 Å². The molecular formula is C22H19N3O3S2. The number of rotatable bonds is 7. The summed E-state index contributed by atoms with van der Waals surface area (Å²) in [6.45, 7) is 1.98. The Labute approximate surface area is 179 Å². The van der Waals surface area contributed by atoms with Crippen LogP contribution in [-0.2, 0) is 16.4 Å². The van der Waals surface area contributed by atoms with Crippen molar-refractivity contribution in [1.29, 1.82) is 0 Å². The number of nitrogens with zero attached hydrogens (tertiary/aromatic N) is 2. The average Bonchev–Trinajstić information content (AvgIpc) is 3.41. The van der Waals surface area contributed by atoms with Gasteiger partial charge in [-0.3, -0.25) is 4.72 Å². The van der Waals surface area contributed by atoms with Crippen LogP contribution in [0.25, 0.3) is 16.8 Å². The van der Waals surface area contributed by atoms with Crippen LogP contribution < -0.4 is 4.72 Å². The van der Waals surface area contributed by atoms with E-state index in [0.29, 0.717) is 23.8 Å². The van der Waals surface area contributed by atoms with Crippen molar-refractivity contribution in [3.8, 4) is 10.7 Å². The highest BCUT2D eigenvalue weighted by Crippen LogP contribution is 2.24. The highest BCUT2D eigenvalue weighted by molar-refractivity contribution is 7.95. The van der Waals surface area contributed by atoms with Crippen molar-refractivity contribution >= 4 is 33.1 Å². The molecule has 30 heavy (non-hydrogen) atoms. The van der Waals surface area contributed by atoms with E-state index in [9.17, 15) is 8.42 Å². The lowest BCUT2D eigenvalue weighted by Crippen LogP contribution is -2.10. The third-order valence-corrected chi connectivity index (χ3v) is 6.20. The van der Waals surface area contributed by atoms with Crippen molar-refractivity contribution in [2.75, 3.05) is 4.72 Å². The summed E-state index contributed by atoms with van der Waals surface area (Å²) in [4.78, 5) is 5.33. The Morgan fingerprint density at radius 3 is 2.63 bits per heavy atom. The summed E-state index contributed by atoms with van der Waals surface area (Å²) in [5.74, 6) is 0.944. The van der Waals surface area contributed by atoms with Gasteiger partial charge in [-0.1, -0.05) is 59.3 Å². The summed E-state index contributed by atoms with van der Waals surface area (Å²) in [5.41, 5.74) is 3.14. The summed E-state index contributed by atoms with van der Waals surface area (Å²) in [6, 6.07) is 18.6. The average molecular weight is 438 g/mol. The number of hydrogen-bond acceptors (Lipinski definition) is 6. The van der Waals surface area contributed by atoms with Gasteiger partial charge in [0.25, 0.3) is 10.0 Å². The van der Waals surface area contributed by atoms with Gasteiger partial charge < -0.3 is 4.52 Å². The Hall–Kier alpha value is -3.23. The van der Waals surface area contributed by atoms with Gasteiger partial charge in [0.1, 0.15) is 0 Å². The van der Waals surface area contributed by atoms with E-state index in [1.807, 2.05) is 60.8 Å². The van der Waals surface area contributed by atoms with Gasteiger partial charge >= 0.3 is 0 Å². The lowest BCUT2D eigenvalue weighted by atomic mass is 10.1. The minimum Gasteiger partial charge on any atom is -0.339 e. The molecule has 0 fully saturated rings. The predicted molar refractivity (Wildman–Crippen MR) is 120 cm³/mol. The van der Waals surface area contributed by atoms with Crippen molar-refractivity contribution in [2.24, 2.45) is 0 Å². The first kappa shape index (κ1) is 20.1. The molecule has 0 saturated heterocycles. The van der Waals surface area contributed by atoms with Crippen LogP contribution >= 0.6 is 11.3 Å². The molecule has 1 N–H and O–H groups in total. The normalized spacial score (nSPS) is 11.8. The van der Waals surface area contributed by atoms with Gasteiger partial charge in [-0.25, -0.2) is 8.42 Å². The number of aromatic nitrogens is 2. The third kappa shape index (κ3) is 5.03. The second kappa shape index (κ2) is 8.64. The highest BCUT2D eigenvalue weighted by atomic mass is 32.2. The summed E-state index contributed by atoms with van der Waals surface area (Å²) < 4.78 is 33.1. The van der Waals surface area contributed by atoms with Crippen LogP contribution in [0.3, 0.4) is 0 Å². The summed E-state index contributed by atoms with van der Waals surface area (Å²) in [6.07, 6.45) is 1.88. The molecule has 8 heteroatoms. The maximum Gasteiger partial charge on any atom is 0.255 e.